The summed E-state index contributed by atoms with van der Waals surface area (Å²) in [7, 11) is 0. The molecule has 0 aliphatic carbocycles. The van der Waals surface area contributed by atoms with Gasteiger partial charge in [0.15, 0.2) is 0 Å². The van der Waals surface area contributed by atoms with Crippen molar-refractivity contribution in [2.45, 2.75) is 41.0 Å². The summed E-state index contributed by atoms with van der Waals surface area (Å²) >= 11 is -1.84. The van der Waals surface area contributed by atoms with Crippen molar-refractivity contribution in [2.24, 2.45) is 0 Å². The molecule has 0 aliphatic heterocycles. The fourth-order valence-electron chi connectivity index (χ4n) is 1.55. The standard InChI is InChI=1S/C10H13.3CH3.Sn/c1-3-9(2)10-7-5-4-6-8-10;;;;/h4-5,7-9H,3H2,1-2H3;3*1H3;. The normalized spacial score (nSPS) is 14.1. The van der Waals surface area contributed by atoms with Gasteiger partial charge in [0.2, 0.25) is 0 Å². The molecule has 1 aromatic carbocycles. The zero-order chi connectivity index (χ0) is 10.8. The predicted molar refractivity (Wildman–Crippen MR) is 68.1 cm³/mol. The van der Waals surface area contributed by atoms with Crippen molar-refractivity contribution in [3.63, 3.8) is 0 Å². The summed E-state index contributed by atoms with van der Waals surface area (Å²) in [6, 6.07) is 9.28. The van der Waals surface area contributed by atoms with Crippen LogP contribution in [-0.2, 0) is 0 Å². The van der Waals surface area contributed by atoms with Crippen LogP contribution in [-0.4, -0.2) is 18.4 Å². The molecule has 0 fully saturated rings. The van der Waals surface area contributed by atoms with Gasteiger partial charge in [-0.05, 0) is 0 Å². The van der Waals surface area contributed by atoms with Crippen LogP contribution in [0.15, 0.2) is 24.3 Å². The van der Waals surface area contributed by atoms with Crippen LogP contribution in [0.25, 0.3) is 0 Å². The van der Waals surface area contributed by atoms with Gasteiger partial charge in [-0.15, -0.1) is 0 Å². The summed E-state index contributed by atoms with van der Waals surface area (Å²) in [5, 5.41) is 0. The number of benzene rings is 1. The maximum absolute atomic E-state index is 2.48. The Morgan fingerprint density at radius 1 is 1.21 bits per heavy atom. The Kier molecular flexibility index (Phi) is 4.05. The van der Waals surface area contributed by atoms with E-state index in [-0.39, 0.29) is 0 Å². The second-order valence-corrected chi connectivity index (χ2v) is 19.7. The number of hydrogen-bond acceptors (Lipinski definition) is 0. The Bertz CT molecular complexity index is 296. The van der Waals surface area contributed by atoms with Crippen molar-refractivity contribution in [1.82, 2.24) is 0 Å². The average molecular weight is 297 g/mol. The van der Waals surface area contributed by atoms with E-state index < -0.39 is 18.4 Å². The Hall–Kier alpha value is 0.0187. The Morgan fingerprint density at radius 3 is 2.36 bits per heavy atom. The molecule has 1 atom stereocenters. The topological polar surface area (TPSA) is 0 Å². The van der Waals surface area contributed by atoms with E-state index in [1.165, 1.54) is 12.0 Å². The van der Waals surface area contributed by atoms with Gasteiger partial charge in [-0.1, -0.05) is 0 Å². The third kappa shape index (κ3) is 3.01. The van der Waals surface area contributed by atoms with Gasteiger partial charge in [0, 0.05) is 0 Å². The van der Waals surface area contributed by atoms with Gasteiger partial charge in [0.05, 0.1) is 0 Å². The van der Waals surface area contributed by atoms with Crippen LogP contribution in [0.1, 0.15) is 31.7 Å². The summed E-state index contributed by atoms with van der Waals surface area (Å²) in [6.45, 7) is 4.58. The van der Waals surface area contributed by atoms with Crippen molar-refractivity contribution < 1.29 is 0 Å². The minimum atomic E-state index is -1.84. The van der Waals surface area contributed by atoms with Crippen LogP contribution in [0.4, 0.5) is 0 Å². The molecule has 0 N–H and O–H groups in total. The van der Waals surface area contributed by atoms with Crippen LogP contribution < -0.4 is 3.58 Å². The molecule has 0 saturated heterocycles. The maximum atomic E-state index is 2.48. The van der Waals surface area contributed by atoms with E-state index in [1.807, 2.05) is 0 Å². The van der Waals surface area contributed by atoms with Gasteiger partial charge in [-0.25, -0.2) is 0 Å². The molecule has 0 saturated carbocycles. The van der Waals surface area contributed by atoms with Crippen LogP contribution in [0.3, 0.4) is 0 Å². The van der Waals surface area contributed by atoms with Crippen LogP contribution in [0, 0.1) is 0 Å². The van der Waals surface area contributed by atoms with Gasteiger partial charge in [-0.3, -0.25) is 0 Å². The first-order chi connectivity index (χ1) is 6.45. The van der Waals surface area contributed by atoms with E-state index in [4.69, 9.17) is 0 Å². The van der Waals surface area contributed by atoms with E-state index in [9.17, 15) is 0 Å². The fraction of sp³-hybridized carbons (Fsp3) is 0.538. The summed E-state index contributed by atoms with van der Waals surface area (Å²) in [5.74, 6) is 0.712. The minimum absolute atomic E-state index is 0.712. The van der Waals surface area contributed by atoms with Crippen molar-refractivity contribution >= 4 is 22.0 Å². The molecule has 14 heavy (non-hydrogen) atoms. The molecule has 1 heteroatoms. The Balaban J connectivity index is 3.01. The van der Waals surface area contributed by atoms with E-state index in [0.717, 1.165) is 0 Å². The van der Waals surface area contributed by atoms with E-state index in [0.29, 0.717) is 5.92 Å². The first-order valence-corrected chi connectivity index (χ1v) is 15.5. The van der Waals surface area contributed by atoms with E-state index in [1.54, 1.807) is 3.58 Å². The second-order valence-electron chi connectivity index (χ2n) is 5.18. The summed E-state index contributed by atoms with van der Waals surface area (Å²) in [4.78, 5) is 7.43. The molecule has 0 radical (unpaired) electrons. The SMILES string of the molecule is CCC(C)c1ccc[c]([Sn]([CH3])([CH3])[CH3])c1. The van der Waals surface area contributed by atoms with E-state index in [2.05, 4.69) is 52.9 Å². The first kappa shape index (κ1) is 12.1. The van der Waals surface area contributed by atoms with Crippen molar-refractivity contribution in [3.8, 4) is 0 Å². The van der Waals surface area contributed by atoms with Gasteiger partial charge >= 0.3 is 92.8 Å². The summed E-state index contributed by atoms with van der Waals surface area (Å²) in [6.07, 6.45) is 1.24. The third-order valence-electron chi connectivity index (χ3n) is 2.93. The summed E-state index contributed by atoms with van der Waals surface area (Å²) < 4.78 is 1.65. The second kappa shape index (κ2) is 4.69. The van der Waals surface area contributed by atoms with Crippen molar-refractivity contribution in [3.05, 3.63) is 29.8 Å². The molecular weight excluding hydrogens is 275 g/mol. The third-order valence-corrected chi connectivity index (χ3v) is 8.77. The molecular formula is C13H22Sn. The summed E-state index contributed by atoms with van der Waals surface area (Å²) in [5.41, 5.74) is 1.52. The van der Waals surface area contributed by atoms with Crippen LogP contribution >= 0.6 is 0 Å². The first-order valence-electron chi connectivity index (χ1n) is 5.55. The molecule has 78 valence electrons. The molecule has 0 aliphatic rings. The molecule has 0 heterocycles. The molecule has 0 aromatic heterocycles. The average Bonchev–Trinajstić information content (AvgIpc) is 2.15. The Morgan fingerprint density at radius 2 is 1.86 bits per heavy atom. The van der Waals surface area contributed by atoms with Gasteiger partial charge in [0.25, 0.3) is 0 Å². The molecule has 0 bridgehead atoms. The Labute approximate surface area is 92.6 Å². The van der Waals surface area contributed by atoms with Crippen molar-refractivity contribution in [2.75, 3.05) is 0 Å². The van der Waals surface area contributed by atoms with Gasteiger partial charge < -0.3 is 0 Å². The molecule has 1 aromatic rings. The van der Waals surface area contributed by atoms with Crippen molar-refractivity contribution in [1.29, 1.82) is 0 Å². The molecule has 0 nitrogen and oxygen atoms in total. The molecule has 0 spiro atoms. The zero-order valence-electron chi connectivity index (χ0n) is 10.1. The number of rotatable bonds is 3. The monoisotopic (exact) mass is 298 g/mol. The van der Waals surface area contributed by atoms with Crippen LogP contribution in [0.5, 0.6) is 0 Å². The molecule has 0 amide bonds. The molecule has 1 unspecified atom stereocenters. The van der Waals surface area contributed by atoms with Gasteiger partial charge in [-0.2, -0.15) is 0 Å². The van der Waals surface area contributed by atoms with E-state index >= 15 is 0 Å². The van der Waals surface area contributed by atoms with Crippen LogP contribution in [0.2, 0.25) is 14.8 Å². The quantitative estimate of drug-likeness (QED) is 0.745. The molecule has 1 rings (SSSR count). The fourth-order valence-corrected chi connectivity index (χ4v) is 4.96. The van der Waals surface area contributed by atoms with Gasteiger partial charge in [0.1, 0.15) is 0 Å². The predicted octanol–water partition coefficient (Wildman–Crippen LogP) is 3.75. The zero-order valence-corrected chi connectivity index (χ0v) is 12.9. The number of hydrogen-bond donors (Lipinski definition) is 0.